The van der Waals surface area contributed by atoms with Crippen molar-refractivity contribution in [2.24, 2.45) is 23.7 Å². The Labute approximate surface area is 313 Å². The van der Waals surface area contributed by atoms with Crippen LogP contribution in [0.15, 0.2) is 121 Å². The largest absolute Gasteiger partial charge is 0.507 e. The number of allylic oxidation sites excluding steroid dienone is 2. The molecule has 6 atom stereocenters. The number of anilines is 2. The van der Waals surface area contributed by atoms with Crippen LogP contribution in [0.4, 0.5) is 11.4 Å². The summed E-state index contributed by atoms with van der Waals surface area (Å²) in [5.41, 5.74) is 0.0237. The van der Waals surface area contributed by atoms with Crippen molar-refractivity contribution in [2.45, 2.75) is 24.2 Å². The minimum atomic E-state index is -1.57. The van der Waals surface area contributed by atoms with Crippen LogP contribution in [0.1, 0.15) is 40.2 Å². The molecule has 268 valence electrons. The number of hydrogen-bond donors (Lipinski definition) is 3. The third-order valence-electron chi connectivity index (χ3n) is 11.9. The fourth-order valence-electron chi connectivity index (χ4n) is 9.69. The normalized spacial score (nSPS) is 26.1. The lowest BCUT2D eigenvalue weighted by molar-refractivity contribution is -0.127. The Morgan fingerprint density at radius 1 is 0.741 bits per heavy atom. The molecule has 3 fully saturated rings. The van der Waals surface area contributed by atoms with Gasteiger partial charge in [0.25, 0.3) is 0 Å². The number of rotatable bonds is 5. The fourth-order valence-corrected chi connectivity index (χ4v) is 9.87. The van der Waals surface area contributed by atoms with E-state index in [0.717, 1.165) is 22.4 Å². The van der Waals surface area contributed by atoms with E-state index in [4.69, 9.17) is 11.6 Å². The maximum absolute atomic E-state index is 15.5. The number of phenolic OH excluding ortho intramolecular Hbond substituents is 1. The first-order valence-electron chi connectivity index (χ1n) is 17.6. The van der Waals surface area contributed by atoms with E-state index in [0.29, 0.717) is 32.8 Å². The predicted molar refractivity (Wildman–Crippen MR) is 199 cm³/mol. The number of phenols is 2. The summed E-state index contributed by atoms with van der Waals surface area (Å²) in [6.07, 6.45) is 2.08. The molecule has 0 spiro atoms. The SMILES string of the molecule is O=C(O)c1ccc(N2C(=O)C3CC=C4C(CC5C(=O)N(c6cccc(Cl)c6)C(=O)C5(c5ccccc5)C4c4ccc5ccccc5c4O)C3C2=O)cc1O. The molecule has 1 saturated carbocycles. The maximum Gasteiger partial charge on any atom is 0.339 e. The number of imide groups is 2. The Morgan fingerprint density at radius 3 is 2.22 bits per heavy atom. The van der Waals surface area contributed by atoms with Gasteiger partial charge in [0.05, 0.1) is 34.5 Å². The minimum Gasteiger partial charge on any atom is -0.507 e. The van der Waals surface area contributed by atoms with Gasteiger partial charge in [-0.3, -0.25) is 19.2 Å². The number of halogens is 1. The summed E-state index contributed by atoms with van der Waals surface area (Å²) in [5, 5.41) is 33.7. The zero-order chi connectivity index (χ0) is 37.6. The van der Waals surface area contributed by atoms with Crippen molar-refractivity contribution in [1.29, 1.82) is 0 Å². The van der Waals surface area contributed by atoms with Gasteiger partial charge in [-0.05, 0) is 60.0 Å². The standard InChI is InChI=1S/C43H31ClN2O8/c44-24-10-6-11-25(19-24)46-39(50)33-21-32-28(17-18-30-35(32)40(51)45(38(30)49)26-14-16-29(41(52)53)34(47)20-26)36(43(33,42(46)54)23-8-2-1-3-9-23)31-15-13-22-7-4-5-12-27(22)37(31)48/h1-17,19-20,30,32-33,35-36,47-48H,18,21H2,(H,52,53). The molecule has 2 aliphatic heterocycles. The van der Waals surface area contributed by atoms with Crippen LogP contribution in [0.2, 0.25) is 5.02 Å². The Bertz CT molecular complexity index is 2520. The number of carbonyl (C=O) groups is 5. The Morgan fingerprint density at radius 2 is 1.48 bits per heavy atom. The van der Waals surface area contributed by atoms with Crippen LogP contribution in [0.25, 0.3) is 10.8 Å². The van der Waals surface area contributed by atoms with E-state index in [2.05, 4.69) is 0 Å². The molecular formula is C43H31ClN2O8. The zero-order valence-electron chi connectivity index (χ0n) is 28.4. The first kappa shape index (κ1) is 33.6. The summed E-state index contributed by atoms with van der Waals surface area (Å²) in [6, 6.07) is 30.1. The van der Waals surface area contributed by atoms with Crippen molar-refractivity contribution in [1.82, 2.24) is 0 Å². The van der Waals surface area contributed by atoms with Crippen molar-refractivity contribution in [3.8, 4) is 11.5 Å². The van der Waals surface area contributed by atoms with Crippen molar-refractivity contribution in [3.05, 3.63) is 143 Å². The molecule has 5 aromatic rings. The monoisotopic (exact) mass is 738 g/mol. The lowest BCUT2D eigenvalue weighted by Gasteiger charge is -2.50. The van der Waals surface area contributed by atoms with E-state index in [1.807, 2.05) is 42.5 Å². The molecule has 6 unspecified atom stereocenters. The highest BCUT2D eigenvalue weighted by Crippen LogP contribution is 2.65. The van der Waals surface area contributed by atoms with Gasteiger partial charge in [0, 0.05) is 28.0 Å². The first-order valence-corrected chi connectivity index (χ1v) is 18.0. The van der Waals surface area contributed by atoms with Crippen LogP contribution >= 0.6 is 11.6 Å². The van der Waals surface area contributed by atoms with Crippen molar-refractivity contribution in [2.75, 3.05) is 9.80 Å². The average molecular weight is 739 g/mol. The van der Waals surface area contributed by atoms with E-state index in [1.54, 1.807) is 54.6 Å². The molecule has 0 bridgehead atoms. The van der Waals surface area contributed by atoms with Crippen LogP contribution in [0.3, 0.4) is 0 Å². The second kappa shape index (κ2) is 12.1. The number of aromatic hydroxyl groups is 2. The smallest absolute Gasteiger partial charge is 0.339 e. The van der Waals surface area contributed by atoms with Crippen molar-refractivity contribution in [3.63, 3.8) is 0 Å². The summed E-state index contributed by atoms with van der Waals surface area (Å²) in [7, 11) is 0. The summed E-state index contributed by atoms with van der Waals surface area (Å²) in [5.74, 6) is -8.49. The van der Waals surface area contributed by atoms with Crippen molar-refractivity contribution < 1.29 is 39.3 Å². The molecule has 2 aliphatic carbocycles. The number of fused-ring (bicyclic) bond motifs is 5. The Balaban J connectivity index is 1.27. The van der Waals surface area contributed by atoms with Gasteiger partial charge in [-0.1, -0.05) is 96.0 Å². The number of hydrogen-bond acceptors (Lipinski definition) is 7. The number of carbonyl (C=O) groups excluding carboxylic acids is 4. The highest BCUT2D eigenvalue weighted by atomic mass is 35.5. The number of aromatic carboxylic acids is 1. The molecule has 2 heterocycles. The number of nitrogens with zero attached hydrogens (tertiary/aromatic N) is 2. The van der Waals surface area contributed by atoms with Gasteiger partial charge in [-0.2, -0.15) is 0 Å². The van der Waals surface area contributed by atoms with Gasteiger partial charge < -0.3 is 15.3 Å². The fraction of sp³-hybridized carbons (Fsp3) is 0.186. The molecule has 0 radical (unpaired) electrons. The van der Waals surface area contributed by atoms with Crippen LogP contribution in [0.5, 0.6) is 11.5 Å². The first-order chi connectivity index (χ1) is 26.0. The van der Waals surface area contributed by atoms with Crippen LogP contribution in [-0.2, 0) is 24.6 Å². The second-order valence-electron chi connectivity index (χ2n) is 14.3. The molecule has 5 aromatic carbocycles. The third-order valence-corrected chi connectivity index (χ3v) is 12.1. The molecule has 9 rings (SSSR count). The lowest BCUT2D eigenvalue weighted by atomic mass is 9.49. The van der Waals surface area contributed by atoms with E-state index in [9.17, 15) is 34.5 Å². The minimum absolute atomic E-state index is 0.0286. The van der Waals surface area contributed by atoms with Gasteiger partial charge in [-0.25, -0.2) is 14.6 Å². The predicted octanol–water partition coefficient (Wildman–Crippen LogP) is 6.97. The Kier molecular flexibility index (Phi) is 7.55. The van der Waals surface area contributed by atoms with E-state index in [-0.39, 0.29) is 29.8 Å². The third kappa shape index (κ3) is 4.56. The van der Waals surface area contributed by atoms with E-state index < -0.39 is 70.4 Å². The van der Waals surface area contributed by atoms with Gasteiger partial charge in [0.15, 0.2) is 0 Å². The highest BCUT2D eigenvalue weighted by Gasteiger charge is 2.70. The summed E-state index contributed by atoms with van der Waals surface area (Å²) < 4.78 is 0. The zero-order valence-corrected chi connectivity index (χ0v) is 29.2. The summed E-state index contributed by atoms with van der Waals surface area (Å²) in [4.78, 5) is 72.9. The topological polar surface area (TPSA) is 153 Å². The summed E-state index contributed by atoms with van der Waals surface area (Å²) in [6.45, 7) is 0. The van der Waals surface area contributed by atoms with E-state index in [1.165, 1.54) is 11.0 Å². The molecule has 4 aliphatic rings. The number of carboxylic acids is 1. The lowest BCUT2D eigenvalue weighted by Crippen LogP contribution is -2.53. The quantitative estimate of drug-likeness (QED) is 0.129. The van der Waals surface area contributed by atoms with E-state index >= 15 is 4.79 Å². The van der Waals surface area contributed by atoms with Gasteiger partial charge in [0.1, 0.15) is 17.1 Å². The maximum atomic E-state index is 15.5. The van der Waals surface area contributed by atoms with Crippen LogP contribution in [-0.4, -0.2) is 44.9 Å². The average Bonchev–Trinajstić information content (AvgIpc) is 3.56. The van der Waals surface area contributed by atoms with Gasteiger partial charge >= 0.3 is 5.97 Å². The molecular weight excluding hydrogens is 708 g/mol. The molecule has 54 heavy (non-hydrogen) atoms. The number of benzene rings is 5. The summed E-state index contributed by atoms with van der Waals surface area (Å²) >= 11 is 6.40. The van der Waals surface area contributed by atoms with Gasteiger partial charge in [-0.15, -0.1) is 0 Å². The Hall–Kier alpha value is -6.26. The van der Waals surface area contributed by atoms with Crippen LogP contribution in [0, 0.1) is 23.7 Å². The number of amides is 4. The molecule has 10 nitrogen and oxygen atoms in total. The van der Waals surface area contributed by atoms with Gasteiger partial charge in [0.2, 0.25) is 23.6 Å². The molecule has 4 amide bonds. The molecule has 11 heteroatoms. The highest BCUT2D eigenvalue weighted by molar-refractivity contribution is 6.32. The molecule has 0 aromatic heterocycles. The molecule has 2 saturated heterocycles. The van der Waals surface area contributed by atoms with Crippen LogP contribution < -0.4 is 9.80 Å². The number of carboxylic acid groups (broad SMARTS) is 1. The van der Waals surface area contributed by atoms with Crippen molar-refractivity contribution >= 4 is 63.3 Å². The molecule has 3 N–H and O–H groups in total. The second-order valence-corrected chi connectivity index (χ2v) is 14.8.